The summed E-state index contributed by atoms with van der Waals surface area (Å²) in [7, 11) is -4.73. The standard InChI is InChI=1S/C30H59O8P/c1-3-5-7-9-11-12-13-14-15-16-17-18-19-21-23-25-30(32)38-28(27-37-39(33,34)35)26-36-29(31)24-22-20-10-8-6-4-2/h28H,3-27H2,1-2H3,(H2,33,34,35). The van der Waals surface area contributed by atoms with Crippen LogP contribution >= 0.6 is 7.82 Å². The van der Waals surface area contributed by atoms with E-state index in [1.54, 1.807) is 0 Å². The van der Waals surface area contributed by atoms with Crippen molar-refractivity contribution in [2.45, 2.75) is 168 Å². The summed E-state index contributed by atoms with van der Waals surface area (Å²) in [5.41, 5.74) is 0. The van der Waals surface area contributed by atoms with Crippen LogP contribution in [0.5, 0.6) is 0 Å². The summed E-state index contributed by atoms with van der Waals surface area (Å²) < 4.78 is 26.0. The fraction of sp³-hybridized carbons (Fsp3) is 0.933. The molecule has 1 unspecified atom stereocenters. The van der Waals surface area contributed by atoms with E-state index >= 15 is 0 Å². The molecule has 0 heterocycles. The highest BCUT2D eigenvalue weighted by atomic mass is 31.2. The first-order chi connectivity index (χ1) is 18.8. The molecule has 0 amide bonds. The van der Waals surface area contributed by atoms with E-state index in [1.165, 1.54) is 83.5 Å². The Morgan fingerprint density at radius 3 is 1.31 bits per heavy atom. The molecule has 0 aromatic heterocycles. The van der Waals surface area contributed by atoms with Gasteiger partial charge < -0.3 is 19.3 Å². The number of unbranched alkanes of at least 4 members (excludes halogenated alkanes) is 19. The van der Waals surface area contributed by atoms with Crippen LogP contribution in [-0.2, 0) is 28.2 Å². The fourth-order valence-corrected chi connectivity index (χ4v) is 4.85. The third-order valence-corrected chi connectivity index (χ3v) is 7.36. The summed E-state index contributed by atoms with van der Waals surface area (Å²) in [6.07, 6.45) is 24.3. The number of hydrogen-bond acceptors (Lipinski definition) is 6. The van der Waals surface area contributed by atoms with Gasteiger partial charge in [-0.15, -0.1) is 0 Å². The van der Waals surface area contributed by atoms with Gasteiger partial charge in [-0.25, -0.2) is 4.57 Å². The molecule has 0 bridgehead atoms. The van der Waals surface area contributed by atoms with Crippen molar-refractivity contribution in [1.29, 1.82) is 0 Å². The van der Waals surface area contributed by atoms with Gasteiger partial charge in [-0.2, -0.15) is 0 Å². The van der Waals surface area contributed by atoms with E-state index in [-0.39, 0.29) is 19.4 Å². The van der Waals surface area contributed by atoms with Crippen molar-refractivity contribution < 1.29 is 37.9 Å². The smallest absolute Gasteiger partial charge is 0.462 e. The molecule has 2 N–H and O–H groups in total. The van der Waals surface area contributed by atoms with Gasteiger partial charge >= 0.3 is 19.8 Å². The Kier molecular flexibility index (Phi) is 26.6. The van der Waals surface area contributed by atoms with Gasteiger partial charge in [0, 0.05) is 12.8 Å². The molecule has 0 fully saturated rings. The van der Waals surface area contributed by atoms with E-state index in [1.807, 2.05) is 0 Å². The minimum atomic E-state index is -4.73. The quantitative estimate of drug-likeness (QED) is 0.0514. The molecule has 232 valence electrons. The van der Waals surface area contributed by atoms with Crippen molar-refractivity contribution in [3.05, 3.63) is 0 Å². The molecular formula is C30H59O8P. The summed E-state index contributed by atoms with van der Waals surface area (Å²) in [5.74, 6) is -0.888. The SMILES string of the molecule is CCCCCCCCCCCCCCCCCC(=O)OC(COC(=O)CCCCCCCC)COP(=O)(O)O. The molecule has 0 aliphatic heterocycles. The lowest BCUT2D eigenvalue weighted by Crippen LogP contribution is -2.29. The monoisotopic (exact) mass is 578 g/mol. The zero-order valence-corrected chi connectivity index (χ0v) is 25.9. The van der Waals surface area contributed by atoms with E-state index < -0.39 is 32.5 Å². The maximum atomic E-state index is 12.2. The van der Waals surface area contributed by atoms with Gasteiger partial charge in [0.2, 0.25) is 0 Å². The van der Waals surface area contributed by atoms with Crippen molar-refractivity contribution in [2.24, 2.45) is 0 Å². The molecule has 0 saturated carbocycles. The summed E-state index contributed by atoms with van der Waals surface area (Å²) in [4.78, 5) is 42.2. The maximum Gasteiger partial charge on any atom is 0.469 e. The van der Waals surface area contributed by atoms with Crippen LogP contribution in [0.4, 0.5) is 0 Å². The van der Waals surface area contributed by atoms with Crippen LogP contribution < -0.4 is 0 Å². The highest BCUT2D eigenvalue weighted by molar-refractivity contribution is 7.46. The molecule has 0 aromatic rings. The topological polar surface area (TPSA) is 119 Å². The lowest BCUT2D eigenvalue weighted by molar-refractivity contribution is -0.161. The first-order valence-corrected chi connectivity index (χ1v) is 17.4. The van der Waals surface area contributed by atoms with Crippen LogP contribution in [0.15, 0.2) is 0 Å². The number of carbonyl (C=O) groups is 2. The number of esters is 2. The molecule has 0 aliphatic carbocycles. The highest BCUT2D eigenvalue weighted by Gasteiger charge is 2.22. The van der Waals surface area contributed by atoms with E-state index in [4.69, 9.17) is 19.3 Å². The van der Waals surface area contributed by atoms with Crippen molar-refractivity contribution in [1.82, 2.24) is 0 Å². The van der Waals surface area contributed by atoms with Crippen molar-refractivity contribution >= 4 is 19.8 Å². The van der Waals surface area contributed by atoms with Gasteiger partial charge in [0.1, 0.15) is 6.61 Å². The lowest BCUT2D eigenvalue weighted by Gasteiger charge is -2.18. The van der Waals surface area contributed by atoms with E-state index in [0.717, 1.165) is 44.9 Å². The van der Waals surface area contributed by atoms with Gasteiger partial charge in [-0.1, -0.05) is 136 Å². The fourth-order valence-electron chi connectivity index (χ4n) is 4.49. The zero-order valence-electron chi connectivity index (χ0n) is 25.0. The number of carbonyl (C=O) groups excluding carboxylic acids is 2. The van der Waals surface area contributed by atoms with E-state index in [9.17, 15) is 14.2 Å². The van der Waals surface area contributed by atoms with E-state index in [2.05, 4.69) is 18.4 Å². The first kappa shape index (κ1) is 38.0. The molecule has 8 nitrogen and oxygen atoms in total. The maximum absolute atomic E-state index is 12.2. The first-order valence-electron chi connectivity index (χ1n) is 15.8. The molecule has 1 atom stereocenters. The van der Waals surface area contributed by atoms with Gasteiger partial charge in [-0.05, 0) is 12.8 Å². The van der Waals surface area contributed by atoms with Gasteiger partial charge in [0.05, 0.1) is 6.61 Å². The molecule has 0 radical (unpaired) electrons. The second-order valence-corrected chi connectivity index (χ2v) is 12.0. The highest BCUT2D eigenvalue weighted by Crippen LogP contribution is 2.35. The van der Waals surface area contributed by atoms with Crippen molar-refractivity contribution in [2.75, 3.05) is 13.2 Å². The Labute approximate surface area is 238 Å². The predicted octanol–water partition coefficient (Wildman–Crippen LogP) is 8.56. The van der Waals surface area contributed by atoms with E-state index in [0.29, 0.717) is 6.42 Å². The van der Waals surface area contributed by atoms with Crippen LogP contribution in [0.3, 0.4) is 0 Å². The number of phosphoric ester groups is 1. The average Bonchev–Trinajstić information content (AvgIpc) is 2.89. The molecular weight excluding hydrogens is 519 g/mol. The van der Waals surface area contributed by atoms with Gasteiger partial charge in [-0.3, -0.25) is 14.1 Å². The molecule has 0 saturated heterocycles. The Hall–Kier alpha value is -0.950. The molecule has 39 heavy (non-hydrogen) atoms. The van der Waals surface area contributed by atoms with Crippen LogP contribution in [0.2, 0.25) is 0 Å². The Morgan fingerprint density at radius 1 is 0.564 bits per heavy atom. The Balaban J connectivity index is 3.93. The number of rotatable bonds is 29. The molecule has 0 aromatic carbocycles. The second kappa shape index (κ2) is 27.2. The Bertz CT molecular complexity index is 622. The third-order valence-electron chi connectivity index (χ3n) is 6.88. The predicted molar refractivity (Wildman–Crippen MR) is 156 cm³/mol. The van der Waals surface area contributed by atoms with Crippen LogP contribution in [0.25, 0.3) is 0 Å². The zero-order chi connectivity index (χ0) is 29.0. The average molecular weight is 579 g/mol. The number of phosphoric acid groups is 1. The largest absolute Gasteiger partial charge is 0.469 e. The summed E-state index contributed by atoms with van der Waals surface area (Å²) in [6.45, 7) is 3.59. The minimum absolute atomic E-state index is 0.219. The molecule has 0 rings (SSSR count). The molecule has 0 aliphatic rings. The van der Waals surface area contributed by atoms with Crippen molar-refractivity contribution in [3.8, 4) is 0 Å². The summed E-state index contributed by atoms with van der Waals surface area (Å²) in [6, 6.07) is 0. The molecule has 0 spiro atoms. The van der Waals surface area contributed by atoms with Crippen LogP contribution in [0, 0.1) is 0 Å². The van der Waals surface area contributed by atoms with Crippen LogP contribution in [0.1, 0.15) is 162 Å². The minimum Gasteiger partial charge on any atom is -0.462 e. The number of ether oxygens (including phenoxy) is 2. The third kappa shape index (κ3) is 29.8. The second-order valence-electron chi connectivity index (χ2n) is 10.8. The van der Waals surface area contributed by atoms with Gasteiger partial charge in [0.25, 0.3) is 0 Å². The number of hydrogen-bond donors (Lipinski definition) is 2. The summed E-state index contributed by atoms with van der Waals surface area (Å²) >= 11 is 0. The Morgan fingerprint density at radius 2 is 0.923 bits per heavy atom. The van der Waals surface area contributed by atoms with Crippen LogP contribution in [-0.4, -0.2) is 41.0 Å². The lowest BCUT2D eigenvalue weighted by atomic mass is 10.0. The van der Waals surface area contributed by atoms with Gasteiger partial charge in [0.15, 0.2) is 6.10 Å². The van der Waals surface area contributed by atoms with Crippen molar-refractivity contribution in [3.63, 3.8) is 0 Å². The summed E-state index contributed by atoms with van der Waals surface area (Å²) in [5, 5.41) is 0. The normalized spacial score (nSPS) is 12.4. The molecule has 9 heteroatoms.